The van der Waals surface area contributed by atoms with E-state index in [-0.39, 0.29) is 0 Å². The molecule has 0 amide bonds. The highest BCUT2D eigenvalue weighted by molar-refractivity contribution is 5.58. The van der Waals surface area contributed by atoms with E-state index in [9.17, 15) is 0 Å². The van der Waals surface area contributed by atoms with Crippen LogP contribution in [0.15, 0.2) is 42.5 Å². The molecule has 0 bridgehead atoms. The molecule has 1 heterocycles. The van der Waals surface area contributed by atoms with Crippen LogP contribution in [0.25, 0.3) is 0 Å². The molecule has 0 fully saturated rings. The predicted molar refractivity (Wildman–Crippen MR) is 84.9 cm³/mol. The zero-order chi connectivity index (χ0) is 13.9. The molecule has 3 rings (SSSR count). The van der Waals surface area contributed by atoms with Gasteiger partial charge in [-0.05, 0) is 36.2 Å². The summed E-state index contributed by atoms with van der Waals surface area (Å²) in [5.41, 5.74) is 7.02. The summed E-state index contributed by atoms with van der Waals surface area (Å²) in [6.45, 7) is 8.32. The number of nitrogens with one attached hydrogen (secondary N) is 1. The molecule has 0 aliphatic carbocycles. The molecule has 0 radical (unpaired) electrons. The van der Waals surface area contributed by atoms with Crippen molar-refractivity contribution in [1.82, 2.24) is 5.32 Å². The number of hydrogen-bond donors (Lipinski definition) is 1. The van der Waals surface area contributed by atoms with Crippen LogP contribution in [-0.2, 0) is 19.6 Å². The third-order valence-corrected chi connectivity index (χ3v) is 3.98. The van der Waals surface area contributed by atoms with Crippen LogP contribution in [0.5, 0.6) is 0 Å². The highest BCUT2D eigenvalue weighted by atomic mass is 15.1. The van der Waals surface area contributed by atoms with Crippen molar-refractivity contribution < 1.29 is 0 Å². The second kappa shape index (κ2) is 5.68. The van der Waals surface area contributed by atoms with Gasteiger partial charge in [-0.15, -0.1) is 0 Å². The largest absolute Gasteiger partial charge is 0.363 e. The minimum Gasteiger partial charge on any atom is -0.363 e. The number of benzene rings is 2. The van der Waals surface area contributed by atoms with E-state index in [2.05, 4.69) is 66.5 Å². The van der Waals surface area contributed by atoms with Crippen LogP contribution in [0, 0.1) is 6.92 Å². The van der Waals surface area contributed by atoms with Crippen LogP contribution in [-0.4, -0.2) is 6.54 Å². The van der Waals surface area contributed by atoms with Gasteiger partial charge in [0.2, 0.25) is 0 Å². The van der Waals surface area contributed by atoms with Crippen LogP contribution in [0.1, 0.15) is 29.2 Å². The van der Waals surface area contributed by atoms with Crippen molar-refractivity contribution in [1.29, 1.82) is 0 Å². The summed E-state index contributed by atoms with van der Waals surface area (Å²) in [5.74, 6) is 0. The van der Waals surface area contributed by atoms with Gasteiger partial charge >= 0.3 is 0 Å². The van der Waals surface area contributed by atoms with Crippen molar-refractivity contribution in [3.05, 3.63) is 64.7 Å². The van der Waals surface area contributed by atoms with Crippen molar-refractivity contribution in [2.45, 2.75) is 33.5 Å². The molecule has 2 heteroatoms. The van der Waals surface area contributed by atoms with Crippen molar-refractivity contribution in [2.75, 3.05) is 11.4 Å². The lowest BCUT2D eigenvalue weighted by molar-refractivity contribution is 0.720. The monoisotopic (exact) mass is 266 g/mol. The smallest absolute Gasteiger partial charge is 0.0436 e. The van der Waals surface area contributed by atoms with Gasteiger partial charge in [0.05, 0.1) is 0 Å². The minimum absolute atomic E-state index is 0.945. The van der Waals surface area contributed by atoms with Crippen LogP contribution < -0.4 is 10.2 Å². The van der Waals surface area contributed by atoms with E-state index in [1.165, 1.54) is 27.9 Å². The fourth-order valence-electron chi connectivity index (χ4n) is 2.93. The van der Waals surface area contributed by atoms with Gasteiger partial charge in [0, 0.05) is 25.3 Å². The molecule has 104 valence electrons. The summed E-state index contributed by atoms with van der Waals surface area (Å²) >= 11 is 0. The fraction of sp³-hybridized carbons (Fsp3) is 0.333. The SMILES string of the molecule is CCNCc1cc(C)ccc1N1Cc2ccccc2C1. The Labute approximate surface area is 121 Å². The van der Waals surface area contributed by atoms with Crippen LogP contribution >= 0.6 is 0 Å². The molecule has 0 spiro atoms. The fourth-order valence-corrected chi connectivity index (χ4v) is 2.93. The molecule has 2 aromatic carbocycles. The van der Waals surface area contributed by atoms with Gasteiger partial charge in [0.1, 0.15) is 0 Å². The summed E-state index contributed by atoms with van der Waals surface area (Å²) in [6, 6.07) is 15.6. The average molecular weight is 266 g/mol. The van der Waals surface area contributed by atoms with Gasteiger partial charge in [-0.2, -0.15) is 0 Å². The van der Waals surface area contributed by atoms with Crippen molar-refractivity contribution in [3.63, 3.8) is 0 Å². The first kappa shape index (κ1) is 13.2. The van der Waals surface area contributed by atoms with Crippen molar-refractivity contribution in [3.8, 4) is 0 Å². The first-order valence-corrected chi connectivity index (χ1v) is 7.40. The van der Waals surface area contributed by atoms with Crippen molar-refractivity contribution >= 4 is 5.69 Å². The second-order valence-electron chi connectivity index (χ2n) is 5.54. The first-order chi connectivity index (χ1) is 9.78. The second-order valence-corrected chi connectivity index (χ2v) is 5.54. The van der Waals surface area contributed by atoms with Crippen LogP contribution in [0.4, 0.5) is 5.69 Å². The lowest BCUT2D eigenvalue weighted by Gasteiger charge is -2.22. The van der Waals surface area contributed by atoms with Gasteiger partial charge < -0.3 is 10.2 Å². The summed E-state index contributed by atoms with van der Waals surface area (Å²) in [6.07, 6.45) is 0. The van der Waals surface area contributed by atoms with Crippen LogP contribution in [0.3, 0.4) is 0 Å². The molecule has 20 heavy (non-hydrogen) atoms. The zero-order valence-corrected chi connectivity index (χ0v) is 12.3. The highest BCUT2D eigenvalue weighted by Crippen LogP contribution is 2.31. The van der Waals surface area contributed by atoms with E-state index in [1.807, 2.05) is 0 Å². The third-order valence-electron chi connectivity index (χ3n) is 3.98. The molecule has 0 aromatic heterocycles. The molecule has 1 aliphatic heterocycles. The Morgan fingerprint density at radius 2 is 1.75 bits per heavy atom. The number of aryl methyl sites for hydroxylation is 1. The van der Waals surface area contributed by atoms with E-state index in [0.29, 0.717) is 0 Å². The quantitative estimate of drug-likeness (QED) is 0.909. The topological polar surface area (TPSA) is 15.3 Å². The molecule has 2 nitrogen and oxygen atoms in total. The van der Waals surface area contributed by atoms with Crippen molar-refractivity contribution in [2.24, 2.45) is 0 Å². The average Bonchev–Trinajstić information content (AvgIpc) is 2.88. The normalized spacial score (nSPS) is 13.6. The zero-order valence-electron chi connectivity index (χ0n) is 12.3. The van der Waals surface area contributed by atoms with Gasteiger partial charge in [0.15, 0.2) is 0 Å². The molecular formula is C18H22N2. The lowest BCUT2D eigenvalue weighted by atomic mass is 10.1. The summed E-state index contributed by atoms with van der Waals surface area (Å²) in [5, 5.41) is 3.45. The van der Waals surface area contributed by atoms with Gasteiger partial charge in [0.25, 0.3) is 0 Å². The van der Waals surface area contributed by atoms with E-state index >= 15 is 0 Å². The van der Waals surface area contributed by atoms with E-state index in [0.717, 1.165) is 26.2 Å². The Bertz CT molecular complexity index is 579. The molecule has 0 saturated heterocycles. The molecular weight excluding hydrogens is 244 g/mol. The maximum absolute atomic E-state index is 3.45. The van der Waals surface area contributed by atoms with Gasteiger partial charge in [-0.25, -0.2) is 0 Å². The Balaban J connectivity index is 1.88. The molecule has 0 saturated carbocycles. The first-order valence-electron chi connectivity index (χ1n) is 7.40. The number of fused-ring (bicyclic) bond motifs is 1. The maximum Gasteiger partial charge on any atom is 0.0436 e. The summed E-state index contributed by atoms with van der Waals surface area (Å²) in [4.78, 5) is 2.48. The highest BCUT2D eigenvalue weighted by Gasteiger charge is 2.20. The van der Waals surface area contributed by atoms with Gasteiger partial charge in [-0.1, -0.05) is 48.9 Å². The Kier molecular flexibility index (Phi) is 3.75. The molecule has 0 atom stereocenters. The standard InChI is InChI=1S/C18H22N2/c1-3-19-11-17-10-14(2)8-9-18(17)20-12-15-6-4-5-7-16(15)13-20/h4-10,19H,3,11-13H2,1-2H3. The number of hydrogen-bond acceptors (Lipinski definition) is 2. The molecule has 2 aromatic rings. The molecule has 1 aliphatic rings. The summed E-state index contributed by atoms with van der Waals surface area (Å²) < 4.78 is 0. The number of anilines is 1. The van der Waals surface area contributed by atoms with E-state index in [4.69, 9.17) is 0 Å². The Hall–Kier alpha value is -1.80. The predicted octanol–water partition coefficient (Wildman–Crippen LogP) is 3.62. The minimum atomic E-state index is 0.945. The Morgan fingerprint density at radius 3 is 2.40 bits per heavy atom. The lowest BCUT2D eigenvalue weighted by Crippen LogP contribution is -2.19. The maximum atomic E-state index is 3.45. The van der Waals surface area contributed by atoms with Crippen LogP contribution in [0.2, 0.25) is 0 Å². The Morgan fingerprint density at radius 1 is 1.05 bits per heavy atom. The number of rotatable bonds is 4. The summed E-state index contributed by atoms with van der Waals surface area (Å²) in [7, 11) is 0. The van der Waals surface area contributed by atoms with Gasteiger partial charge in [-0.3, -0.25) is 0 Å². The molecule has 0 unspecified atom stereocenters. The molecule has 1 N–H and O–H groups in total. The third kappa shape index (κ3) is 2.56. The number of nitrogens with zero attached hydrogens (tertiary/aromatic N) is 1. The van der Waals surface area contributed by atoms with E-state index < -0.39 is 0 Å². The van der Waals surface area contributed by atoms with E-state index in [1.54, 1.807) is 0 Å².